The summed E-state index contributed by atoms with van der Waals surface area (Å²) >= 11 is 7.37. The molecule has 6 heteroatoms. The number of carbonyl (C=O) groups is 1. The van der Waals surface area contributed by atoms with Crippen molar-refractivity contribution in [1.82, 2.24) is 4.98 Å². The predicted molar refractivity (Wildman–Crippen MR) is 74.3 cm³/mol. The van der Waals surface area contributed by atoms with Crippen LogP contribution in [-0.4, -0.2) is 23.6 Å². The van der Waals surface area contributed by atoms with Gasteiger partial charge in [-0.15, -0.1) is 0 Å². The lowest BCUT2D eigenvalue weighted by Crippen LogP contribution is -2.28. The number of benzene rings is 1. The van der Waals surface area contributed by atoms with E-state index in [9.17, 15) is 4.79 Å². The van der Waals surface area contributed by atoms with Crippen LogP contribution in [0.2, 0.25) is 5.02 Å². The standard InChI is InChI=1S/C12H13ClN2O2S/c1-3-17-11(16)7(2)14-12-15-9-5-4-8(13)6-10(9)18-12/h4-7H,3H2,1-2H3,(H,14,15). The van der Waals surface area contributed by atoms with Gasteiger partial charge in [0.15, 0.2) is 5.13 Å². The van der Waals surface area contributed by atoms with Gasteiger partial charge in [0.25, 0.3) is 0 Å². The normalized spacial score (nSPS) is 12.4. The van der Waals surface area contributed by atoms with Crippen LogP contribution in [0, 0.1) is 0 Å². The maximum atomic E-state index is 11.5. The highest BCUT2D eigenvalue weighted by Crippen LogP contribution is 2.28. The maximum Gasteiger partial charge on any atom is 0.328 e. The Morgan fingerprint density at radius 1 is 1.61 bits per heavy atom. The number of aromatic nitrogens is 1. The first-order valence-electron chi connectivity index (χ1n) is 5.59. The van der Waals surface area contributed by atoms with Gasteiger partial charge in [0.2, 0.25) is 0 Å². The van der Waals surface area contributed by atoms with Crippen molar-refractivity contribution in [3.8, 4) is 0 Å². The van der Waals surface area contributed by atoms with Crippen LogP contribution in [0.15, 0.2) is 18.2 Å². The molecule has 0 amide bonds. The summed E-state index contributed by atoms with van der Waals surface area (Å²) in [5.74, 6) is -0.283. The largest absolute Gasteiger partial charge is 0.464 e. The molecule has 1 atom stereocenters. The second-order valence-electron chi connectivity index (χ2n) is 3.75. The van der Waals surface area contributed by atoms with E-state index in [2.05, 4.69) is 10.3 Å². The van der Waals surface area contributed by atoms with Gasteiger partial charge in [-0.05, 0) is 32.0 Å². The lowest BCUT2D eigenvalue weighted by atomic mass is 10.3. The first-order chi connectivity index (χ1) is 8.60. The summed E-state index contributed by atoms with van der Waals surface area (Å²) in [4.78, 5) is 15.9. The van der Waals surface area contributed by atoms with Crippen LogP contribution in [0.3, 0.4) is 0 Å². The van der Waals surface area contributed by atoms with Crippen molar-refractivity contribution in [3.63, 3.8) is 0 Å². The lowest BCUT2D eigenvalue weighted by Gasteiger charge is -2.10. The van der Waals surface area contributed by atoms with Crippen LogP contribution in [0.4, 0.5) is 5.13 Å². The van der Waals surface area contributed by atoms with Crippen LogP contribution in [0.5, 0.6) is 0 Å². The highest BCUT2D eigenvalue weighted by Gasteiger charge is 2.15. The molecule has 0 aliphatic heterocycles. The summed E-state index contributed by atoms with van der Waals surface area (Å²) in [6.45, 7) is 3.90. The molecule has 1 N–H and O–H groups in total. The van der Waals surface area contributed by atoms with Gasteiger partial charge >= 0.3 is 5.97 Å². The Hall–Kier alpha value is -1.33. The number of hydrogen-bond donors (Lipinski definition) is 1. The molecule has 1 heterocycles. The zero-order chi connectivity index (χ0) is 13.1. The monoisotopic (exact) mass is 284 g/mol. The molecule has 0 saturated carbocycles. The van der Waals surface area contributed by atoms with Gasteiger partial charge < -0.3 is 10.1 Å². The SMILES string of the molecule is CCOC(=O)C(C)Nc1nc2ccc(Cl)cc2s1. The molecule has 0 aliphatic carbocycles. The Morgan fingerprint density at radius 2 is 2.39 bits per heavy atom. The number of nitrogens with zero attached hydrogens (tertiary/aromatic N) is 1. The molecule has 1 unspecified atom stereocenters. The number of nitrogens with one attached hydrogen (secondary N) is 1. The van der Waals surface area contributed by atoms with Gasteiger partial charge in [0.1, 0.15) is 6.04 Å². The fourth-order valence-corrected chi connectivity index (χ4v) is 2.70. The average Bonchev–Trinajstić information content (AvgIpc) is 2.70. The molecule has 2 rings (SSSR count). The molecule has 1 aromatic carbocycles. The second kappa shape index (κ2) is 5.54. The Labute approximate surface area is 114 Å². The second-order valence-corrected chi connectivity index (χ2v) is 5.22. The van der Waals surface area contributed by atoms with Crippen molar-refractivity contribution < 1.29 is 9.53 Å². The summed E-state index contributed by atoms with van der Waals surface area (Å²) in [5, 5.41) is 4.39. The minimum atomic E-state index is -0.416. The van der Waals surface area contributed by atoms with Crippen molar-refractivity contribution in [2.45, 2.75) is 19.9 Å². The van der Waals surface area contributed by atoms with Crippen LogP contribution in [0.25, 0.3) is 10.2 Å². The molecule has 0 saturated heterocycles. The van der Waals surface area contributed by atoms with Crippen molar-refractivity contribution in [2.75, 3.05) is 11.9 Å². The Morgan fingerprint density at radius 3 is 3.11 bits per heavy atom. The summed E-state index contributed by atoms with van der Waals surface area (Å²) in [5.41, 5.74) is 0.864. The first kappa shape index (κ1) is 13.1. The summed E-state index contributed by atoms with van der Waals surface area (Å²) in [6.07, 6.45) is 0. The number of carbonyl (C=O) groups excluding carboxylic acids is 1. The van der Waals surface area contributed by atoms with Crippen molar-refractivity contribution >= 4 is 44.3 Å². The molecule has 0 fully saturated rings. The Kier molecular flexibility index (Phi) is 4.04. The molecule has 4 nitrogen and oxygen atoms in total. The quantitative estimate of drug-likeness (QED) is 0.875. The smallest absolute Gasteiger partial charge is 0.328 e. The minimum absolute atomic E-state index is 0.283. The van der Waals surface area contributed by atoms with E-state index in [1.807, 2.05) is 12.1 Å². The fourth-order valence-electron chi connectivity index (χ4n) is 1.47. The fraction of sp³-hybridized carbons (Fsp3) is 0.333. The summed E-state index contributed by atoms with van der Waals surface area (Å²) in [6, 6.07) is 5.09. The number of fused-ring (bicyclic) bond motifs is 1. The van der Waals surface area contributed by atoms with Gasteiger partial charge in [-0.2, -0.15) is 0 Å². The number of esters is 1. The number of rotatable bonds is 4. The topological polar surface area (TPSA) is 51.2 Å². The predicted octanol–water partition coefficient (Wildman–Crippen LogP) is 3.31. The molecule has 18 heavy (non-hydrogen) atoms. The first-order valence-corrected chi connectivity index (χ1v) is 6.79. The third kappa shape index (κ3) is 2.91. The number of thiazole rings is 1. The van der Waals surface area contributed by atoms with Crippen LogP contribution >= 0.6 is 22.9 Å². The third-order valence-corrected chi connectivity index (χ3v) is 3.52. The molecule has 0 bridgehead atoms. The molecule has 2 aromatic rings. The van der Waals surface area contributed by atoms with Gasteiger partial charge in [-0.1, -0.05) is 22.9 Å². The molecule has 96 valence electrons. The van der Waals surface area contributed by atoms with E-state index in [4.69, 9.17) is 16.3 Å². The molecule has 0 radical (unpaired) electrons. The molecule has 1 aromatic heterocycles. The molecule has 0 aliphatic rings. The highest BCUT2D eigenvalue weighted by atomic mass is 35.5. The maximum absolute atomic E-state index is 11.5. The van der Waals surface area contributed by atoms with E-state index in [-0.39, 0.29) is 5.97 Å². The van der Waals surface area contributed by atoms with Crippen molar-refractivity contribution in [2.24, 2.45) is 0 Å². The van der Waals surface area contributed by atoms with Crippen LogP contribution < -0.4 is 5.32 Å². The number of anilines is 1. The van der Waals surface area contributed by atoms with Crippen LogP contribution in [0.1, 0.15) is 13.8 Å². The van der Waals surface area contributed by atoms with Gasteiger partial charge in [0.05, 0.1) is 16.8 Å². The van der Waals surface area contributed by atoms with E-state index in [1.165, 1.54) is 11.3 Å². The average molecular weight is 285 g/mol. The van der Waals surface area contributed by atoms with E-state index in [0.29, 0.717) is 16.8 Å². The Bertz CT molecular complexity index is 570. The van der Waals surface area contributed by atoms with Gasteiger partial charge in [-0.3, -0.25) is 0 Å². The van der Waals surface area contributed by atoms with E-state index in [0.717, 1.165) is 10.2 Å². The van der Waals surface area contributed by atoms with Gasteiger partial charge in [0, 0.05) is 5.02 Å². The number of hydrogen-bond acceptors (Lipinski definition) is 5. The van der Waals surface area contributed by atoms with E-state index in [1.54, 1.807) is 19.9 Å². The molecular weight excluding hydrogens is 272 g/mol. The molecular formula is C12H13ClN2O2S. The van der Waals surface area contributed by atoms with E-state index < -0.39 is 6.04 Å². The van der Waals surface area contributed by atoms with Crippen LogP contribution in [-0.2, 0) is 9.53 Å². The molecule has 0 spiro atoms. The van der Waals surface area contributed by atoms with Gasteiger partial charge in [-0.25, -0.2) is 9.78 Å². The van der Waals surface area contributed by atoms with Crippen molar-refractivity contribution in [3.05, 3.63) is 23.2 Å². The minimum Gasteiger partial charge on any atom is -0.464 e. The number of ether oxygens (including phenoxy) is 1. The zero-order valence-corrected chi connectivity index (χ0v) is 11.6. The number of halogens is 1. The Balaban J connectivity index is 2.14. The van der Waals surface area contributed by atoms with Crippen molar-refractivity contribution in [1.29, 1.82) is 0 Å². The lowest BCUT2D eigenvalue weighted by molar-refractivity contribution is -0.143. The summed E-state index contributed by atoms with van der Waals surface area (Å²) in [7, 11) is 0. The van der Waals surface area contributed by atoms with E-state index >= 15 is 0 Å². The highest BCUT2D eigenvalue weighted by molar-refractivity contribution is 7.22. The zero-order valence-electron chi connectivity index (χ0n) is 10.1. The third-order valence-electron chi connectivity index (χ3n) is 2.33. The summed E-state index contributed by atoms with van der Waals surface area (Å²) < 4.78 is 5.91.